The average Bonchev–Trinajstić information content (AvgIpc) is 3.29. The molecular formula is C28H34N8. The molecule has 0 radical (unpaired) electrons. The SMILES string of the molecule is CN1CCN(c2ccc(Nc3nccc(N4C(c5ccccc5)=NCC45CCCCC5)n3)nc2)CC1. The Kier molecular flexibility index (Phi) is 6.27. The Labute approximate surface area is 213 Å². The molecule has 1 aromatic carbocycles. The summed E-state index contributed by atoms with van der Waals surface area (Å²) >= 11 is 0. The third-order valence-electron chi connectivity index (χ3n) is 7.75. The Morgan fingerprint density at radius 3 is 2.42 bits per heavy atom. The molecule has 186 valence electrons. The first-order valence-electron chi connectivity index (χ1n) is 13.1. The number of hydrogen-bond acceptors (Lipinski definition) is 8. The van der Waals surface area contributed by atoms with Crippen LogP contribution in [0.3, 0.4) is 0 Å². The van der Waals surface area contributed by atoms with Crippen LogP contribution in [0.4, 0.5) is 23.3 Å². The summed E-state index contributed by atoms with van der Waals surface area (Å²) in [6.45, 7) is 5.02. The molecule has 3 aromatic rings. The summed E-state index contributed by atoms with van der Waals surface area (Å²) in [7, 11) is 2.17. The van der Waals surface area contributed by atoms with Crippen molar-refractivity contribution in [2.45, 2.75) is 37.6 Å². The molecule has 2 aliphatic heterocycles. The Balaban J connectivity index is 1.24. The van der Waals surface area contributed by atoms with Crippen LogP contribution in [0.1, 0.15) is 37.7 Å². The van der Waals surface area contributed by atoms with Crippen LogP contribution in [0, 0.1) is 0 Å². The number of likely N-dealkylation sites (N-methyl/N-ethyl adjacent to an activating group) is 1. The molecule has 8 nitrogen and oxygen atoms in total. The van der Waals surface area contributed by atoms with Crippen LogP contribution < -0.4 is 15.1 Å². The Bertz CT molecular complexity index is 1200. The maximum atomic E-state index is 5.05. The first kappa shape index (κ1) is 22.9. The Morgan fingerprint density at radius 2 is 1.67 bits per heavy atom. The maximum Gasteiger partial charge on any atom is 0.230 e. The highest BCUT2D eigenvalue weighted by Gasteiger charge is 2.45. The van der Waals surface area contributed by atoms with Gasteiger partial charge in [-0.2, -0.15) is 4.98 Å². The average molecular weight is 483 g/mol. The predicted molar refractivity (Wildman–Crippen MR) is 145 cm³/mol. The molecule has 1 saturated carbocycles. The molecule has 0 unspecified atom stereocenters. The minimum absolute atomic E-state index is 0.00252. The van der Waals surface area contributed by atoms with Gasteiger partial charge in [0.1, 0.15) is 17.5 Å². The second-order valence-electron chi connectivity index (χ2n) is 10.2. The number of hydrogen-bond donors (Lipinski definition) is 1. The van der Waals surface area contributed by atoms with E-state index in [4.69, 9.17) is 9.98 Å². The van der Waals surface area contributed by atoms with Gasteiger partial charge >= 0.3 is 0 Å². The molecule has 1 N–H and O–H groups in total. The van der Waals surface area contributed by atoms with Crippen LogP contribution in [0.2, 0.25) is 0 Å². The molecule has 0 amide bonds. The number of nitrogens with zero attached hydrogens (tertiary/aromatic N) is 7. The molecule has 2 fully saturated rings. The van der Waals surface area contributed by atoms with Crippen molar-refractivity contribution >= 4 is 29.1 Å². The van der Waals surface area contributed by atoms with E-state index in [2.05, 4.69) is 73.4 Å². The van der Waals surface area contributed by atoms with Crippen LogP contribution in [-0.4, -0.2) is 71.0 Å². The van der Waals surface area contributed by atoms with Gasteiger partial charge in [0.25, 0.3) is 0 Å². The van der Waals surface area contributed by atoms with E-state index in [9.17, 15) is 0 Å². The zero-order valence-electron chi connectivity index (χ0n) is 21.0. The lowest BCUT2D eigenvalue weighted by atomic mass is 9.80. The normalized spacial score (nSPS) is 20.0. The molecule has 36 heavy (non-hydrogen) atoms. The summed E-state index contributed by atoms with van der Waals surface area (Å²) in [5, 5.41) is 3.32. The van der Waals surface area contributed by atoms with Crippen molar-refractivity contribution in [3.63, 3.8) is 0 Å². The smallest absolute Gasteiger partial charge is 0.230 e. The van der Waals surface area contributed by atoms with E-state index in [0.29, 0.717) is 5.95 Å². The van der Waals surface area contributed by atoms with Crippen molar-refractivity contribution in [1.29, 1.82) is 0 Å². The number of anilines is 4. The third-order valence-corrected chi connectivity index (χ3v) is 7.75. The summed E-state index contributed by atoms with van der Waals surface area (Å²) in [5.41, 5.74) is 2.29. The largest absolute Gasteiger partial charge is 0.368 e. The van der Waals surface area contributed by atoms with Crippen molar-refractivity contribution in [2.75, 3.05) is 54.9 Å². The molecule has 4 heterocycles. The summed E-state index contributed by atoms with van der Waals surface area (Å²) in [5.74, 6) is 3.20. The van der Waals surface area contributed by atoms with E-state index in [1.807, 2.05) is 24.5 Å². The lowest BCUT2D eigenvalue weighted by Crippen LogP contribution is -2.51. The number of piperazine rings is 1. The van der Waals surface area contributed by atoms with Gasteiger partial charge in [0.05, 0.1) is 24.0 Å². The van der Waals surface area contributed by atoms with E-state index in [0.717, 1.165) is 74.3 Å². The fourth-order valence-electron chi connectivity index (χ4n) is 5.70. The van der Waals surface area contributed by atoms with Crippen molar-refractivity contribution in [1.82, 2.24) is 19.9 Å². The first-order chi connectivity index (χ1) is 17.7. The van der Waals surface area contributed by atoms with E-state index >= 15 is 0 Å². The Hall–Kier alpha value is -3.52. The highest BCUT2D eigenvalue weighted by atomic mass is 15.4. The highest BCUT2D eigenvalue weighted by Crippen LogP contribution is 2.41. The number of rotatable bonds is 5. The Morgan fingerprint density at radius 1 is 0.861 bits per heavy atom. The quantitative estimate of drug-likeness (QED) is 0.580. The molecular weight excluding hydrogens is 448 g/mol. The van der Waals surface area contributed by atoms with Gasteiger partial charge in [-0.05, 0) is 38.1 Å². The van der Waals surface area contributed by atoms with Gasteiger partial charge in [-0.25, -0.2) is 9.97 Å². The van der Waals surface area contributed by atoms with Gasteiger partial charge in [0.15, 0.2) is 0 Å². The molecule has 1 saturated heterocycles. The van der Waals surface area contributed by atoms with Crippen LogP contribution in [0.15, 0.2) is 65.9 Å². The van der Waals surface area contributed by atoms with E-state index in [1.165, 1.54) is 19.3 Å². The molecule has 3 aliphatic rings. The molecule has 1 spiro atoms. The number of benzene rings is 1. The zero-order valence-corrected chi connectivity index (χ0v) is 21.0. The summed E-state index contributed by atoms with van der Waals surface area (Å²) in [4.78, 5) is 26.3. The zero-order chi connectivity index (χ0) is 24.4. The van der Waals surface area contributed by atoms with Gasteiger partial charge in [-0.15, -0.1) is 0 Å². The monoisotopic (exact) mass is 482 g/mol. The van der Waals surface area contributed by atoms with Crippen molar-refractivity contribution in [3.8, 4) is 0 Å². The van der Waals surface area contributed by atoms with Crippen LogP contribution in [0.5, 0.6) is 0 Å². The predicted octanol–water partition coefficient (Wildman–Crippen LogP) is 4.34. The van der Waals surface area contributed by atoms with E-state index in [1.54, 1.807) is 0 Å². The number of aromatic nitrogens is 3. The second kappa shape index (κ2) is 9.85. The topological polar surface area (TPSA) is 72.8 Å². The lowest BCUT2D eigenvalue weighted by Gasteiger charge is -2.42. The van der Waals surface area contributed by atoms with E-state index in [-0.39, 0.29) is 5.54 Å². The molecule has 0 bridgehead atoms. The summed E-state index contributed by atoms with van der Waals surface area (Å²) < 4.78 is 0. The molecule has 6 rings (SSSR count). The number of aliphatic imine (C=N–C) groups is 1. The van der Waals surface area contributed by atoms with Crippen LogP contribution in [-0.2, 0) is 0 Å². The van der Waals surface area contributed by atoms with Crippen molar-refractivity contribution < 1.29 is 0 Å². The second-order valence-corrected chi connectivity index (χ2v) is 10.2. The van der Waals surface area contributed by atoms with Crippen molar-refractivity contribution in [3.05, 3.63) is 66.5 Å². The molecule has 2 aromatic heterocycles. The van der Waals surface area contributed by atoms with Crippen LogP contribution in [0.25, 0.3) is 0 Å². The maximum absolute atomic E-state index is 5.05. The minimum Gasteiger partial charge on any atom is -0.368 e. The standard InChI is InChI=1S/C28H34N8/c1-34-16-18-35(19-17-34)23-10-11-24(30-20-23)32-27-29-15-12-25(33-27)36-26(22-8-4-2-5-9-22)31-21-28(36)13-6-3-7-14-28/h2,4-5,8-12,15,20H,3,6-7,13-14,16-19,21H2,1H3,(H,29,30,32,33). The molecule has 1 aliphatic carbocycles. The summed E-state index contributed by atoms with van der Waals surface area (Å²) in [6.07, 6.45) is 9.80. The summed E-state index contributed by atoms with van der Waals surface area (Å²) in [6, 6.07) is 16.6. The van der Waals surface area contributed by atoms with E-state index < -0.39 is 0 Å². The fourth-order valence-corrected chi connectivity index (χ4v) is 5.70. The van der Waals surface area contributed by atoms with Crippen LogP contribution >= 0.6 is 0 Å². The van der Waals surface area contributed by atoms with Gasteiger partial charge in [0.2, 0.25) is 5.95 Å². The molecule has 8 heteroatoms. The molecule has 0 atom stereocenters. The number of nitrogens with one attached hydrogen (secondary N) is 1. The van der Waals surface area contributed by atoms with Gasteiger partial charge < -0.3 is 20.0 Å². The van der Waals surface area contributed by atoms with Gasteiger partial charge in [0, 0.05) is 37.9 Å². The third kappa shape index (κ3) is 4.53. The number of pyridine rings is 1. The first-order valence-corrected chi connectivity index (χ1v) is 13.1. The lowest BCUT2D eigenvalue weighted by molar-refractivity contribution is 0.313. The fraction of sp³-hybridized carbons (Fsp3) is 0.429. The number of amidine groups is 1. The minimum atomic E-state index is -0.00252. The van der Waals surface area contributed by atoms with Crippen molar-refractivity contribution in [2.24, 2.45) is 4.99 Å². The highest BCUT2D eigenvalue weighted by molar-refractivity contribution is 6.11. The van der Waals surface area contributed by atoms with Gasteiger partial charge in [-0.1, -0.05) is 49.6 Å². The van der Waals surface area contributed by atoms with Gasteiger partial charge in [-0.3, -0.25) is 4.99 Å².